The molecule has 2 amide bonds. The van der Waals surface area contributed by atoms with Crippen molar-refractivity contribution in [3.8, 4) is 0 Å². The minimum Gasteiger partial charge on any atom is -0.354 e. The highest BCUT2D eigenvalue weighted by Crippen LogP contribution is 2.28. The summed E-state index contributed by atoms with van der Waals surface area (Å²) in [6, 6.07) is 7.68. The molecule has 0 atom stereocenters. The molecular formula is C15H21N3O2. The number of carbonyl (C=O) groups is 2. The first kappa shape index (κ1) is 14.5. The Balaban J connectivity index is 1.62. The van der Waals surface area contributed by atoms with Crippen molar-refractivity contribution in [1.82, 2.24) is 10.6 Å². The van der Waals surface area contributed by atoms with Crippen molar-refractivity contribution < 1.29 is 9.59 Å². The SMILES string of the molecule is NCc1ccc(CC(=O)NCCNC(=O)C2CC2)cc1. The second-order valence-corrected chi connectivity index (χ2v) is 5.11. The third kappa shape index (κ3) is 4.66. The third-order valence-corrected chi connectivity index (χ3v) is 3.32. The van der Waals surface area contributed by atoms with Gasteiger partial charge in [0.05, 0.1) is 6.42 Å². The van der Waals surface area contributed by atoms with Crippen molar-refractivity contribution in [3.05, 3.63) is 35.4 Å². The van der Waals surface area contributed by atoms with Gasteiger partial charge in [0.15, 0.2) is 0 Å². The van der Waals surface area contributed by atoms with E-state index in [1.54, 1.807) is 0 Å². The first-order chi connectivity index (χ1) is 9.69. The van der Waals surface area contributed by atoms with E-state index in [-0.39, 0.29) is 17.7 Å². The normalized spacial score (nSPS) is 13.8. The van der Waals surface area contributed by atoms with E-state index < -0.39 is 0 Å². The van der Waals surface area contributed by atoms with Crippen LogP contribution in [0.2, 0.25) is 0 Å². The van der Waals surface area contributed by atoms with Crippen molar-refractivity contribution in [3.63, 3.8) is 0 Å². The molecule has 1 aliphatic carbocycles. The van der Waals surface area contributed by atoms with Gasteiger partial charge in [-0.3, -0.25) is 9.59 Å². The van der Waals surface area contributed by atoms with E-state index in [2.05, 4.69) is 10.6 Å². The molecule has 0 spiro atoms. The molecule has 1 saturated carbocycles. The first-order valence-electron chi connectivity index (χ1n) is 7.01. The molecule has 4 N–H and O–H groups in total. The van der Waals surface area contributed by atoms with Crippen molar-refractivity contribution in [2.24, 2.45) is 11.7 Å². The summed E-state index contributed by atoms with van der Waals surface area (Å²) in [6.07, 6.45) is 2.34. The van der Waals surface area contributed by atoms with Crippen LogP contribution < -0.4 is 16.4 Å². The van der Waals surface area contributed by atoms with Gasteiger partial charge >= 0.3 is 0 Å². The molecule has 1 fully saturated rings. The first-order valence-corrected chi connectivity index (χ1v) is 7.01. The predicted molar refractivity (Wildman–Crippen MR) is 76.8 cm³/mol. The lowest BCUT2D eigenvalue weighted by molar-refractivity contribution is -0.123. The Kier molecular flexibility index (Phi) is 5.12. The fraction of sp³-hybridized carbons (Fsp3) is 0.467. The maximum Gasteiger partial charge on any atom is 0.224 e. The number of carbonyl (C=O) groups excluding carboxylic acids is 2. The molecule has 0 heterocycles. The quantitative estimate of drug-likeness (QED) is 0.627. The Labute approximate surface area is 118 Å². The van der Waals surface area contributed by atoms with Crippen LogP contribution in [0, 0.1) is 5.92 Å². The molecule has 2 rings (SSSR count). The van der Waals surface area contributed by atoms with Crippen LogP contribution in [0.4, 0.5) is 0 Å². The second kappa shape index (κ2) is 7.05. The van der Waals surface area contributed by atoms with Gasteiger partial charge < -0.3 is 16.4 Å². The minimum atomic E-state index is -0.0360. The van der Waals surface area contributed by atoms with Gasteiger partial charge in [0.1, 0.15) is 0 Å². The van der Waals surface area contributed by atoms with Crippen molar-refractivity contribution in [2.75, 3.05) is 13.1 Å². The van der Waals surface area contributed by atoms with Gasteiger partial charge in [0.25, 0.3) is 0 Å². The Morgan fingerprint density at radius 1 is 1.05 bits per heavy atom. The number of hydrogen-bond donors (Lipinski definition) is 3. The monoisotopic (exact) mass is 275 g/mol. The molecule has 0 aliphatic heterocycles. The zero-order chi connectivity index (χ0) is 14.4. The standard InChI is InChI=1S/C15H21N3O2/c16-10-12-3-1-11(2-4-12)9-14(19)17-7-8-18-15(20)13-5-6-13/h1-4,13H,5-10,16H2,(H,17,19)(H,18,20). The summed E-state index contributed by atoms with van der Waals surface area (Å²) < 4.78 is 0. The van der Waals surface area contributed by atoms with Gasteiger partial charge in [-0.15, -0.1) is 0 Å². The molecule has 0 saturated heterocycles. The van der Waals surface area contributed by atoms with Crippen LogP contribution in [-0.2, 0) is 22.6 Å². The largest absolute Gasteiger partial charge is 0.354 e. The Hall–Kier alpha value is -1.88. The summed E-state index contributed by atoms with van der Waals surface area (Å²) in [5.41, 5.74) is 7.53. The third-order valence-electron chi connectivity index (χ3n) is 3.32. The topological polar surface area (TPSA) is 84.2 Å². The number of rotatable bonds is 7. The minimum absolute atomic E-state index is 0.0360. The van der Waals surface area contributed by atoms with Gasteiger partial charge in [-0.05, 0) is 24.0 Å². The Morgan fingerprint density at radius 3 is 2.25 bits per heavy atom. The summed E-state index contributed by atoms with van der Waals surface area (Å²) in [6.45, 7) is 1.47. The maximum absolute atomic E-state index is 11.7. The zero-order valence-electron chi connectivity index (χ0n) is 11.5. The Morgan fingerprint density at radius 2 is 1.65 bits per heavy atom. The van der Waals surface area contributed by atoms with E-state index in [1.165, 1.54) is 0 Å². The number of nitrogens with two attached hydrogens (primary N) is 1. The van der Waals surface area contributed by atoms with E-state index in [1.807, 2.05) is 24.3 Å². The molecule has 1 aromatic carbocycles. The molecule has 1 aromatic rings. The highest BCUT2D eigenvalue weighted by molar-refractivity contribution is 5.81. The lowest BCUT2D eigenvalue weighted by Gasteiger charge is -2.07. The molecule has 0 bridgehead atoms. The van der Waals surface area contributed by atoms with Gasteiger partial charge in [0.2, 0.25) is 11.8 Å². The fourth-order valence-corrected chi connectivity index (χ4v) is 1.92. The van der Waals surface area contributed by atoms with E-state index >= 15 is 0 Å². The molecular weight excluding hydrogens is 254 g/mol. The molecule has 20 heavy (non-hydrogen) atoms. The maximum atomic E-state index is 11.7. The van der Waals surface area contributed by atoms with Crippen LogP contribution in [-0.4, -0.2) is 24.9 Å². The summed E-state index contributed by atoms with van der Waals surface area (Å²) in [7, 11) is 0. The van der Waals surface area contributed by atoms with E-state index in [0.717, 1.165) is 24.0 Å². The van der Waals surface area contributed by atoms with Gasteiger partial charge in [0, 0.05) is 25.6 Å². The van der Waals surface area contributed by atoms with Crippen LogP contribution in [0.3, 0.4) is 0 Å². The number of amides is 2. The highest BCUT2D eigenvalue weighted by atomic mass is 16.2. The highest BCUT2D eigenvalue weighted by Gasteiger charge is 2.28. The lowest BCUT2D eigenvalue weighted by Crippen LogP contribution is -2.35. The zero-order valence-corrected chi connectivity index (χ0v) is 11.5. The molecule has 0 unspecified atom stereocenters. The number of benzene rings is 1. The number of nitrogens with one attached hydrogen (secondary N) is 2. The van der Waals surface area contributed by atoms with Gasteiger partial charge in [-0.1, -0.05) is 24.3 Å². The van der Waals surface area contributed by atoms with Crippen LogP contribution >= 0.6 is 0 Å². The molecule has 5 heteroatoms. The van der Waals surface area contributed by atoms with Crippen molar-refractivity contribution in [2.45, 2.75) is 25.8 Å². The molecule has 0 aromatic heterocycles. The van der Waals surface area contributed by atoms with Crippen molar-refractivity contribution >= 4 is 11.8 Å². The lowest BCUT2D eigenvalue weighted by atomic mass is 10.1. The summed E-state index contributed by atoms with van der Waals surface area (Å²) in [5.74, 6) is 0.287. The molecule has 5 nitrogen and oxygen atoms in total. The van der Waals surface area contributed by atoms with Crippen LogP contribution in [0.5, 0.6) is 0 Å². The predicted octanol–water partition coefficient (Wildman–Crippen LogP) is 0.330. The van der Waals surface area contributed by atoms with Crippen molar-refractivity contribution in [1.29, 1.82) is 0 Å². The Bertz CT molecular complexity index is 467. The van der Waals surface area contributed by atoms with Crippen LogP contribution in [0.1, 0.15) is 24.0 Å². The van der Waals surface area contributed by atoms with E-state index in [4.69, 9.17) is 5.73 Å². The van der Waals surface area contributed by atoms with Gasteiger partial charge in [-0.25, -0.2) is 0 Å². The average Bonchev–Trinajstić information content (AvgIpc) is 3.29. The number of hydrogen-bond acceptors (Lipinski definition) is 3. The smallest absolute Gasteiger partial charge is 0.224 e. The summed E-state index contributed by atoms with van der Waals surface area (Å²) in [4.78, 5) is 23.1. The molecule has 0 radical (unpaired) electrons. The van der Waals surface area contributed by atoms with Gasteiger partial charge in [-0.2, -0.15) is 0 Å². The summed E-state index contributed by atoms with van der Waals surface area (Å²) in [5, 5.41) is 5.61. The van der Waals surface area contributed by atoms with Crippen LogP contribution in [0.15, 0.2) is 24.3 Å². The van der Waals surface area contributed by atoms with E-state index in [0.29, 0.717) is 26.1 Å². The fourth-order valence-electron chi connectivity index (χ4n) is 1.92. The average molecular weight is 275 g/mol. The molecule has 108 valence electrons. The second-order valence-electron chi connectivity index (χ2n) is 5.11. The molecule has 1 aliphatic rings. The van der Waals surface area contributed by atoms with E-state index in [9.17, 15) is 9.59 Å². The summed E-state index contributed by atoms with van der Waals surface area (Å²) >= 11 is 0. The van der Waals surface area contributed by atoms with Crippen LogP contribution in [0.25, 0.3) is 0 Å².